The third-order valence-electron chi connectivity index (χ3n) is 1.84. The van der Waals surface area contributed by atoms with E-state index in [-0.39, 0.29) is 12.3 Å². The number of aromatic amines is 1. The van der Waals surface area contributed by atoms with Crippen molar-refractivity contribution >= 4 is 23.2 Å². The van der Waals surface area contributed by atoms with Crippen LogP contribution in [0.25, 0.3) is 0 Å². The zero-order valence-electron chi connectivity index (χ0n) is 8.14. The smallest absolute Gasteiger partial charge is 0.232 e. The number of amides is 1. The van der Waals surface area contributed by atoms with Crippen molar-refractivity contribution in [3.63, 3.8) is 0 Å². The zero-order valence-corrected chi connectivity index (χ0v) is 8.90. The van der Waals surface area contributed by atoms with Crippen LogP contribution in [-0.4, -0.2) is 26.5 Å². The third-order valence-corrected chi connectivity index (χ3v) is 2.09. The molecule has 0 radical (unpaired) electrons. The molecular weight excluding hydrogens is 230 g/mol. The van der Waals surface area contributed by atoms with Crippen LogP contribution in [0.15, 0.2) is 24.3 Å². The molecule has 1 aromatic carbocycles. The maximum atomic E-state index is 11.5. The molecule has 16 heavy (non-hydrogen) atoms. The number of halogens is 1. The number of rotatable bonds is 3. The van der Waals surface area contributed by atoms with E-state index in [4.69, 9.17) is 11.6 Å². The molecule has 0 saturated carbocycles. The van der Waals surface area contributed by atoms with Crippen LogP contribution in [0.3, 0.4) is 0 Å². The Balaban J connectivity index is 1.95. The van der Waals surface area contributed by atoms with Crippen molar-refractivity contribution in [3.05, 3.63) is 35.1 Å². The SMILES string of the molecule is O=C(Cc1nn[nH]n1)Nc1ccc(Cl)cc1. The Morgan fingerprint density at radius 3 is 2.75 bits per heavy atom. The summed E-state index contributed by atoms with van der Waals surface area (Å²) in [5.41, 5.74) is 0.679. The van der Waals surface area contributed by atoms with Crippen LogP contribution < -0.4 is 5.32 Å². The van der Waals surface area contributed by atoms with Crippen LogP contribution in [0.4, 0.5) is 5.69 Å². The fourth-order valence-corrected chi connectivity index (χ4v) is 1.27. The first-order chi connectivity index (χ1) is 7.74. The van der Waals surface area contributed by atoms with Crippen molar-refractivity contribution in [2.24, 2.45) is 0 Å². The topological polar surface area (TPSA) is 83.6 Å². The highest BCUT2D eigenvalue weighted by Crippen LogP contribution is 2.13. The average molecular weight is 238 g/mol. The summed E-state index contributed by atoms with van der Waals surface area (Å²) in [6.45, 7) is 0. The normalized spacial score (nSPS) is 10.1. The Kier molecular flexibility index (Phi) is 3.11. The Labute approximate surface area is 96.0 Å². The van der Waals surface area contributed by atoms with Crippen molar-refractivity contribution in [2.45, 2.75) is 6.42 Å². The summed E-state index contributed by atoms with van der Waals surface area (Å²) in [6, 6.07) is 6.84. The molecule has 0 fully saturated rings. The van der Waals surface area contributed by atoms with E-state index in [1.165, 1.54) is 0 Å². The van der Waals surface area contributed by atoms with E-state index < -0.39 is 0 Å². The molecule has 0 aliphatic rings. The Hall–Kier alpha value is -1.95. The number of hydrogen-bond acceptors (Lipinski definition) is 4. The summed E-state index contributed by atoms with van der Waals surface area (Å²) in [5.74, 6) is 0.148. The Bertz CT molecular complexity index is 467. The van der Waals surface area contributed by atoms with Crippen molar-refractivity contribution in [2.75, 3.05) is 5.32 Å². The molecule has 2 aromatic rings. The number of hydrogen-bond donors (Lipinski definition) is 2. The molecule has 2 N–H and O–H groups in total. The minimum absolute atomic E-state index is 0.0825. The summed E-state index contributed by atoms with van der Waals surface area (Å²) in [5, 5.41) is 16.3. The number of nitrogens with zero attached hydrogens (tertiary/aromatic N) is 3. The molecule has 2 rings (SSSR count). The van der Waals surface area contributed by atoms with E-state index >= 15 is 0 Å². The number of H-pyrrole nitrogens is 1. The quantitative estimate of drug-likeness (QED) is 0.835. The molecule has 0 unspecified atom stereocenters. The second-order valence-corrected chi connectivity index (χ2v) is 3.50. The van der Waals surface area contributed by atoms with Crippen LogP contribution in [0, 0.1) is 0 Å². The van der Waals surface area contributed by atoms with Gasteiger partial charge in [-0.05, 0) is 24.3 Å². The first-order valence-electron chi connectivity index (χ1n) is 4.52. The first-order valence-corrected chi connectivity index (χ1v) is 4.89. The highest BCUT2D eigenvalue weighted by atomic mass is 35.5. The summed E-state index contributed by atoms with van der Waals surface area (Å²) in [4.78, 5) is 11.5. The monoisotopic (exact) mass is 237 g/mol. The third kappa shape index (κ3) is 2.77. The molecule has 1 amide bonds. The van der Waals surface area contributed by atoms with Gasteiger partial charge in [0, 0.05) is 10.7 Å². The van der Waals surface area contributed by atoms with Gasteiger partial charge in [0.1, 0.15) is 0 Å². The van der Waals surface area contributed by atoms with Crippen molar-refractivity contribution in [1.82, 2.24) is 20.6 Å². The lowest BCUT2D eigenvalue weighted by Gasteiger charge is -2.02. The maximum Gasteiger partial charge on any atom is 0.232 e. The van der Waals surface area contributed by atoms with Gasteiger partial charge in [0.15, 0.2) is 5.82 Å². The summed E-state index contributed by atoms with van der Waals surface area (Å²) in [7, 11) is 0. The van der Waals surface area contributed by atoms with Crippen LogP contribution in [0.1, 0.15) is 5.82 Å². The summed E-state index contributed by atoms with van der Waals surface area (Å²) >= 11 is 5.72. The molecule has 0 atom stereocenters. The van der Waals surface area contributed by atoms with Crippen LogP contribution in [-0.2, 0) is 11.2 Å². The highest BCUT2D eigenvalue weighted by Gasteiger charge is 2.07. The zero-order chi connectivity index (χ0) is 11.4. The number of tetrazole rings is 1. The molecule has 7 heteroatoms. The van der Waals surface area contributed by atoms with Gasteiger partial charge in [-0.15, -0.1) is 10.2 Å². The fraction of sp³-hybridized carbons (Fsp3) is 0.111. The molecule has 0 saturated heterocycles. The highest BCUT2D eigenvalue weighted by molar-refractivity contribution is 6.30. The van der Waals surface area contributed by atoms with Gasteiger partial charge < -0.3 is 5.32 Å². The van der Waals surface area contributed by atoms with Crippen molar-refractivity contribution in [1.29, 1.82) is 0 Å². The van der Waals surface area contributed by atoms with Gasteiger partial charge in [0.2, 0.25) is 5.91 Å². The van der Waals surface area contributed by atoms with Gasteiger partial charge >= 0.3 is 0 Å². The molecule has 6 nitrogen and oxygen atoms in total. The van der Waals surface area contributed by atoms with Gasteiger partial charge in [-0.25, -0.2) is 0 Å². The van der Waals surface area contributed by atoms with Crippen LogP contribution >= 0.6 is 11.6 Å². The van der Waals surface area contributed by atoms with E-state index in [1.54, 1.807) is 24.3 Å². The number of nitrogens with one attached hydrogen (secondary N) is 2. The predicted molar refractivity (Wildman–Crippen MR) is 58.0 cm³/mol. The van der Waals surface area contributed by atoms with E-state index in [0.717, 1.165) is 0 Å². The van der Waals surface area contributed by atoms with E-state index in [9.17, 15) is 4.79 Å². The van der Waals surface area contributed by atoms with Crippen LogP contribution in [0.5, 0.6) is 0 Å². The number of aromatic nitrogens is 4. The number of carbonyl (C=O) groups excluding carboxylic acids is 1. The van der Waals surface area contributed by atoms with Crippen molar-refractivity contribution < 1.29 is 4.79 Å². The maximum absolute atomic E-state index is 11.5. The second-order valence-electron chi connectivity index (χ2n) is 3.06. The molecule has 1 heterocycles. The van der Waals surface area contributed by atoms with Gasteiger partial charge in [-0.3, -0.25) is 4.79 Å². The van der Waals surface area contributed by atoms with E-state index in [1.807, 2.05) is 0 Å². The van der Waals surface area contributed by atoms with Gasteiger partial charge in [0.25, 0.3) is 0 Å². The first kappa shape index (κ1) is 10.6. The standard InChI is InChI=1S/C9H8ClN5O/c10-6-1-3-7(4-2-6)11-9(16)5-8-12-14-15-13-8/h1-4H,5H2,(H,11,16)(H,12,13,14,15). The van der Waals surface area contributed by atoms with Gasteiger partial charge in [-0.1, -0.05) is 16.8 Å². The fourth-order valence-electron chi connectivity index (χ4n) is 1.14. The minimum Gasteiger partial charge on any atom is -0.326 e. The largest absolute Gasteiger partial charge is 0.326 e. The average Bonchev–Trinajstić information content (AvgIpc) is 2.74. The second kappa shape index (κ2) is 4.71. The van der Waals surface area contributed by atoms with E-state index in [0.29, 0.717) is 16.5 Å². The van der Waals surface area contributed by atoms with E-state index in [2.05, 4.69) is 25.9 Å². The summed E-state index contributed by atoms with van der Waals surface area (Å²) < 4.78 is 0. The molecule has 82 valence electrons. The lowest BCUT2D eigenvalue weighted by Crippen LogP contribution is -2.15. The number of carbonyl (C=O) groups is 1. The minimum atomic E-state index is -0.205. The molecule has 0 spiro atoms. The molecular formula is C9H8ClN5O. The van der Waals surface area contributed by atoms with Gasteiger partial charge in [0.05, 0.1) is 6.42 Å². The predicted octanol–water partition coefficient (Wildman–Crippen LogP) is 1.03. The Morgan fingerprint density at radius 2 is 2.12 bits per heavy atom. The Morgan fingerprint density at radius 1 is 1.38 bits per heavy atom. The molecule has 1 aromatic heterocycles. The van der Waals surface area contributed by atoms with Crippen molar-refractivity contribution in [3.8, 4) is 0 Å². The number of benzene rings is 1. The number of anilines is 1. The summed E-state index contributed by atoms with van der Waals surface area (Å²) in [6.07, 6.45) is 0.0825. The molecule has 0 aliphatic heterocycles. The molecule has 0 aliphatic carbocycles. The van der Waals surface area contributed by atoms with Crippen LogP contribution in [0.2, 0.25) is 5.02 Å². The van der Waals surface area contributed by atoms with Gasteiger partial charge in [-0.2, -0.15) is 5.21 Å². The molecule has 0 bridgehead atoms. The lowest BCUT2D eigenvalue weighted by molar-refractivity contribution is -0.115. The lowest BCUT2D eigenvalue weighted by atomic mass is 10.3.